The van der Waals surface area contributed by atoms with E-state index in [4.69, 9.17) is 0 Å². The Kier molecular flexibility index (Phi) is 2.94. The van der Waals surface area contributed by atoms with Crippen LogP contribution >= 0.6 is 0 Å². The lowest BCUT2D eigenvalue weighted by Crippen LogP contribution is -2.29. The number of rotatable bonds is 2. The lowest BCUT2D eigenvalue weighted by Gasteiger charge is -2.25. The number of aliphatic hydroxyl groups is 1. The highest BCUT2D eigenvalue weighted by Crippen LogP contribution is 2.39. The molecular weight excluding hydrogens is 210 g/mol. The Morgan fingerprint density at radius 2 is 2.00 bits per heavy atom. The quantitative estimate of drug-likeness (QED) is 0.847. The molecule has 0 aliphatic carbocycles. The van der Waals surface area contributed by atoms with Crippen LogP contribution in [0, 0.1) is 0 Å². The maximum atomic E-state index is 10.1. The molecule has 0 radical (unpaired) electrons. The van der Waals surface area contributed by atoms with Gasteiger partial charge >= 0.3 is 0 Å². The Hall–Kier alpha value is -1.02. The first-order valence-electron chi connectivity index (χ1n) is 6.44. The molecule has 1 aromatic rings. The van der Waals surface area contributed by atoms with Gasteiger partial charge in [0.2, 0.25) is 0 Å². The van der Waals surface area contributed by atoms with Gasteiger partial charge < -0.3 is 10.0 Å². The fourth-order valence-electron chi connectivity index (χ4n) is 2.57. The van der Waals surface area contributed by atoms with Gasteiger partial charge in [0.25, 0.3) is 0 Å². The molecule has 1 N–H and O–H groups in total. The summed E-state index contributed by atoms with van der Waals surface area (Å²) in [4.78, 5) is 2.44. The van der Waals surface area contributed by atoms with Gasteiger partial charge in [-0.25, -0.2) is 0 Å². The molecule has 1 atom stereocenters. The maximum absolute atomic E-state index is 10.1. The zero-order chi connectivity index (χ0) is 12.8. The van der Waals surface area contributed by atoms with Gasteiger partial charge in [0, 0.05) is 24.2 Å². The minimum atomic E-state index is -0.750. The minimum absolute atomic E-state index is 0.534. The zero-order valence-corrected chi connectivity index (χ0v) is 11.5. The molecule has 17 heavy (non-hydrogen) atoms. The third-order valence-corrected chi connectivity index (χ3v) is 3.67. The topological polar surface area (TPSA) is 23.5 Å². The fraction of sp³-hybridized carbons (Fsp3) is 0.600. The van der Waals surface area contributed by atoms with Crippen molar-refractivity contribution >= 4 is 5.69 Å². The summed E-state index contributed by atoms with van der Waals surface area (Å²) >= 11 is 0. The number of hydrogen-bond acceptors (Lipinski definition) is 2. The van der Waals surface area contributed by atoms with Crippen LogP contribution in [0.25, 0.3) is 0 Å². The third kappa shape index (κ3) is 2.19. The van der Waals surface area contributed by atoms with E-state index in [2.05, 4.69) is 37.8 Å². The van der Waals surface area contributed by atoms with E-state index in [1.165, 1.54) is 11.3 Å². The number of nitrogens with zero attached hydrogens (tertiary/aromatic N) is 1. The highest BCUT2D eigenvalue weighted by atomic mass is 16.3. The van der Waals surface area contributed by atoms with Crippen molar-refractivity contribution in [3.63, 3.8) is 0 Å². The van der Waals surface area contributed by atoms with Crippen LogP contribution < -0.4 is 4.90 Å². The van der Waals surface area contributed by atoms with Crippen LogP contribution in [0.4, 0.5) is 5.69 Å². The van der Waals surface area contributed by atoms with Crippen LogP contribution in [0.2, 0.25) is 0 Å². The number of anilines is 1. The zero-order valence-electron chi connectivity index (χ0n) is 11.5. The lowest BCUT2D eigenvalue weighted by molar-refractivity contribution is 0.0785. The SMILES string of the molecule is CC1CN(C(C)C)c2ccc(C(C)(C)O)cc21. The van der Waals surface area contributed by atoms with Crippen LogP contribution in [0.5, 0.6) is 0 Å². The van der Waals surface area contributed by atoms with Gasteiger partial charge in [0.15, 0.2) is 0 Å². The van der Waals surface area contributed by atoms with Crippen molar-refractivity contribution in [3.05, 3.63) is 29.3 Å². The normalized spacial score (nSPS) is 19.9. The second kappa shape index (κ2) is 4.02. The Morgan fingerprint density at radius 3 is 2.53 bits per heavy atom. The summed E-state index contributed by atoms with van der Waals surface area (Å²) in [6, 6.07) is 6.91. The molecule has 1 aromatic carbocycles. The van der Waals surface area contributed by atoms with Crippen LogP contribution in [-0.2, 0) is 5.60 Å². The van der Waals surface area contributed by atoms with E-state index in [1.807, 2.05) is 19.9 Å². The largest absolute Gasteiger partial charge is 0.386 e. The predicted molar refractivity (Wildman–Crippen MR) is 72.6 cm³/mol. The summed E-state index contributed by atoms with van der Waals surface area (Å²) in [5.41, 5.74) is 2.97. The van der Waals surface area contributed by atoms with Gasteiger partial charge in [-0.3, -0.25) is 0 Å². The summed E-state index contributed by atoms with van der Waals surface area (Å²) in [7, 11) is 0. The number of fused-ring (bicyclic) bond motifs is 1. The van der Waals surface area contributed by atoms with Crippen LogP contribution in [-0.4, -0.2) is 17.7 Å². The Balaban J connectivity index is 2.44. The molecule has 0 amide bonds. The summed E-state index contributed by atoms with van der Waals surface area (Å²) in [6.45, 7) is 11.5. The molecule has 0 saturated heterocycles. The van der Waals surface area contributed by atoms with Gasteiger partial charge in [-0.2, -0.15) is 0 Å². The molecule has 1 aliphatic rings. The second-order valence-corrected chi connectivity index (χ2v) is 5.98. The molecule has 1 aliphatic heterocycles. The first kappa shape index (κ1) is 12.4. The second-order valence-electron chi connectivity index (χ2n) is 5.98. The fourth-order valence-corrected chi connectivity index (χ4v) is 2.57. The van der Waals surface area contributed by atoms with Crippen molar-refractivity contribution < 1.29 is 5.11 Å². The molecule has 1 heterocycles. The molecule has 0 aromatic heterocycles. The van der Waals surface area contributed by atoms with Gasteiger partial charge in [0.1, 0.15) is 0 Å². The highest BCUT2D eigenvalue weighted by Gasteiger charge is 2.28. The van der Waals surface area contributed by atoms with Crippen molar-refractivity contribution in [2.24, 2.45) is 0 Å². The van der Waals surface area contributed by atoms with Crippen molar-refractivity contribution in [1.82, 2.24) is 0 Å². The van der Waals surface area contributed by atoms with Crippen LogP contribution in [0.15, 0.2) is 18.2 Å². The maximum Gasteiger partial charge on any atom is 0.0840 e. The lowest BCUT2D eigenvalue weighted by atomic mass is 9.93. The van der Waals surface area contributed by atoms with Crippen molar-refractivity contribution in [2.75, 3.05) is 11.4 Å². The molecule has 2 rings (SSSR count). The molecule has 0 fully saturated rings. The highest BCUT2D eigenvalue weighted by molar-refractivity contribution is 5.62. The summed E-state index contributed by atoms with van der Waals surface area (Å²) in [5.74, 6) is 0.551. The van der Waals surface area contributed by atoms with Gasteiger partial charge in [0.05, 0.1) is 5.60 Å². The summed E-state index contributed by atoms with van der Waals surface area (Å²) in [5, 5.41) is 10.1. The standard InChI is InChI=1S/C15H23NO/c1-10(2)16-9-11(3)13-8-12(15(4,5)17)6-7-14(13)16/h6-8,10-11,17H,9H2,1-5H3. The van der Waals surface area contributed by atoms with Crippen LogP contribution in [0.3, 0.4) is 0 Å². The molecule has 0 saturated carbocycles. The van der Waals surface area contributed by atoms with Crippen molar-refractivity contribution in [1.29, 1.82) is 0 Å². The molecule has 0 bridgehead atoms. The average Bonchev–Trinajstić information content (AvgIpc) is 2.55. The Morgan fingerprint density at radius 1 is 1.35 bits per heavy atom. The molecule has 94 valence electrons. The molecule has 0 spiro atoms. The summed E-state index contributed by atoms with van der Waals surface area (Å²) in [6.07, 6.45) is 0. The smallest absolute Gasteiger partial charge is 0.0840 e. The first-order valence-corrected chi connectivity index (χ1v) is 6.44. The van der Waals surface area contributed by atoms with Gasteiger partial charge in [-0.15, -0.1) is 0 Å². The Bertz CT molecular complexity index is 417. The van der Waals surface area contributed by atoms with Crippen LogP contribution in [0.1, 0.15) is 51.7 Å². The number of benzene rings is 1. The molecule has 1 unspecified atom stereocenters. The minimum Gasteiger partial charge on any atom is -0.386 e. The van der Waals surface area contributed by atoms with E-state index < -0.39 is 5.60 Å². The third-order valence-electron chi connectivity index (χ3n) is 3.67. The molecule has 2 nitrogen and oxygen atoms in total. The monoisotopic (exact) mass is 233 g/mol. The van der Waals surface area contributed by atoms with E-state index in [-0.39, 0.29) is 0 Å². The first-order chi connectivity index (χ1) is 7.80. The Labute approximate surface area is 104 Å². The van der Waals surface area contributed by atoms with E-state index in [9.17, 15) is 5.11 Å². The van der Waals surface area contributed by atoms with Crippen molar-refractivity contribution in [3.8, 4) is 0 Å². The molecule has 2 heteroatoms. The number of hydrogen-bond donors (Lipinski definition) is 1. The van der Waals surface area contributed by atoms with Crippen molar-refractivity contribution in [2.45, 2.75) is 52.2 Å². The average molecular weight is 233 g/mol. The molecular formula is C15H23NO. The van der Waals surface area contributed by atoms with E-state index in [0.717, 1.165) is 12.1 Å². The van der Waals surface area contributed by atoms with E-state index in [1.54, 1.807) is 0 Å². The van der Waals surface area contributed by atoms with E-state index >= 15 is 0 Å². The summed E-state index contributed by atoms with van der Waals surface area (Å²) < 4.78 is 0. The van der Waals surface area contributed by atoms with Gasteiger partial charge in [-0.05, 0) is 44.9 Å². The predicted octanol–water partition coefficient (Wildman–Crippen LogP) is 3.25. The van der Waals surface area contributed by atoms with E-state index in [0.29, 0.717) is 12.0 Å². The van der Waals surface area contributed by atoms with Gasteiger partial charge in [-0.1, -0.05) is 19.1 Å².